The number of halogens is 5. The van der Waals surface area contributed by atoms with Gasteiger partial charge in [-0.3, -0.25) is 4.98 Å². The molecule has 0 N–H and O–H groups in total. The first-order valence-electron chi connectivity index (χ1n) is 8.87. The van der Waals surface area contributed by atoms with Crippen molar-refractivity contribution in [2.75, 3.05) is 0 Å². The van der Waals surface area contributed by atoms with Crippen molar-refractivity contribution in [1.29, 1.82) is 0 Å². The molecule has 30 heavy (non-hydrogen) atoms. The second-order valence-corrected chi connectivity index (χ2v) is 6.68. The summed E-state index contributed by atoms with van der Waals surface area (Å²) in [4.78, 5) is 8.73. The van der Waals surface area contributed by atoms with Crippen molar-refractivity contribution in [3.8, 4) is 33.8 Å². The molecular formula is C23H13F5N2. The summed E-state index contributed by atoms with van der Waals surface area (Å²) in [6.45, 7) is 1.44. The molecule has 0 aliphatic heterocycles. The number of rotatable bonds is 3. The van der Waals surface area contributed by atoms with Crippen LogP contribution in [0.1, 0.15) is 5.56 Å². The Balaban J connectivity index is 2.00. The Kier molecular flexibility index (Phi) is 5.03. The number of hydrogen-bond donors (Lipinski definition) is 0. The van der Waals surface area contributed by atoms with E-state index in [1.165, 1.54) is 37.4 Å². The van der Waals surface area contributed by atoms with Crippen LogP contribution < -0.4 is 0 Å². The van der Waals surface area contributed by atoms with E-state index < -0.39 is 29.1 Å². The lowest BCUT2D eigenvalue weighted by Crippen LogP contribution is -2.00. The average molecular weight is 412 g/mol. The van der Waals surface area contributed by atoms with Crippen LogP contribution in [0.4, 0.5) is 22.0 Å². The standard InChI is InChI=1S/C23H13F5N2/c1-12-19(9-18(27)10-20(12)28)23-22(14-6-16(25)8-17(26)7-14)30-21(11-29-23)13-2-4-15(24)5-3-13/h2-11H,1H3. The number of nitrogens with zero attached hydrogens (tertiary/aromatic N) is 2. The predicted octanol–water partition coefficient (Wildman–Crippen LogP) is 6.48. The first-order valence-corrected chi connectivity index (χ1v) is 8.87. The van der Waals surface area contributed by atoms with Gasteiger partial charge in [-0.15, -0.1) is 0 Å². The molecule has 0 fully saturated rings. The van der Waals surface area contributed by atoms with Gasteiger partial charge < -0.3 is 0 Å². The average Bonchev–Trinajstić information content (AvgIpc) is 2.70. The summed E-state index contributed by atoms with van der Waals surface area (Å²) in [5.74, 6) is -3.74. The highest BCUT2D eigenvalue weighted by Crippen LogP contribution is 2.34. The van der Waals surface area contributed by atoms with Gasteiger partial charge in [0.25, 0.3) is 0 Å². The molecule has 0 saturated carbocycles. The summed E-state index contributed by atoms with van der Waals surface area (Å²) in [6, 6.07) is 10.0. The molecule has 0 aliphatic carbocycles. The van der Waals surface area contributed by atoms with E-state index in [0.29, 0.717) is 17.3 Å². The number of aromatic nitrogens is 2. The van der Waals surface area contributed by atoms with E-state index in [1.54, 1.807) is 0 Å². The normalized spacial score (nSPS) is 11.0. The maximum absolute atomic E-state index is 14.1. The lowest BCUT2D eigenvalue weighted by atomic mass is 9.99. The molecule has 7 heteroatoms. The van der Waals surface area contributed by atoms with E-state index in [2.05, 4.69) is 9.97 Å². The topological polar surface area (TPSA) is 25.8 Å². The summed E-state index contributed by atoms with van der Waals surface area (Å²) in [6.07, 6.45) is 1.35. The molecule has 0 bridgehead atoms. The monoisotopic (exact) mass is 412 g/mol. The fourth-order valence-electron chi connectivity index (χ4n) is 3.13. The predicted molar refractivity (Wildman–Crippen MR) is 103 cm³/mol. The lowest BCUT2D eigenvalue weighted by molar-refractivity contribution is 0.578. The largest absolute Gasteiger partial charge is 0.252 e. The van der Waals surface area contributed by atoms with Gasteiger partial charge >= 0.3 is 0 Å². The summed E-state index contributed by atoms with van der Waals surface area (Å²) in [5, 5.41) is 0. The lowest BCUT2D eigenvalue weighted by Gasteiger charge is -2.13. The van der Waals surface area contributed by atoms with Crippen LogP contribution in [-0.4, -0.2) is 9.97 Å². The quantitative estimate of drug-likeness (QED) is 0.360. The smallest absolute Gasteiger partial charge is 0.129 e. The van der Waals surface area contributed by atoms with Gasteiger partial charge in [-0.2, -0.15) is 0 Å². The van der Waals surface area contributed by atoms with Crippen molar-refractivity contribution >= 4 is 0 Å². The van der Waals surface area contributed by atoms with E-state index in [0.717, 1.165) is 24.3 Å². The van der Waals surface area contributed by atoms with Gasteiger partial charge in [-0.05, 0) is 55.0 Å². The Labute approximate surface area is 168 Å². The molecule has 4 rings (SSSR count). The summed E-state index contributed by atoms with van der Waals surface area (Å²) in [5.41, 5.74) is 1.15. The molecule has 0 aliphatic rings. The Morgan fingerprint density at radius 1 is 0.633 bits per heavy atom. The summed E-state index contributed by atoms with van der Waals surface area (Å²) < 4.78 is 69.0. The molecule has 0 amide bonds. The van der Waals surface area contributed by atoms with Gasteiger partial charge in [0.2, 0.25) is 0 Å². The SMILES string of the molecule is Cc1c(F)cc(F)cc1-c1ncc(-c2ccc(F)cc2)nc1-c1cc(F)cc(F)c1. The number of hydrogen-bond acceptors (Lipinski definition) is 2. The minimum Gasteiger partial charge on any atom is -0.252 e. The third kappa shape index (κ3) is 3.78. The van der Waals surface area contributed by atoms with E-state index >= 15 is 0 Å². The van der Waals surface area contributed by atoms with Gasteiger partial charge in [0.05, 0.1) is 23.3 Å². The molecule has 4 aromatic rings. The second-order valence-electron chi connectivity index (χ2n) is 6.68. The maximum Gasteiger partial charge on any atom is 0.129 e. The first kappa shape index (κ1) is 19.7. The minimum absolute atomic E-state index is 0.0309. The van der Waals surface area contributed by atoms with Gasteiger partial charge in [-0.1, -0.05) is 0 Å². The molecule has 0 atom stereocenters. The third-order valence-electron chi connectivity index (χ3n) is 4.61. The van der Waals surface area contributed by atoms with E-state index in [9.17, 15) is 22.0 Å². The Morgan fingerprint density at radius 2 is 1.27 bits per heavy atom. The van der Waals surface area contributed by atoms with E-state index in [4.69, 9.17) is 0 Å². The number of benzene rings is 3. The van der Waals surface area contributed by atoms with Crippen LogP contribution in [0.25, 0.3) is 33.8 Å². The van der Waals surface area contributed by atoms with Crippen LogP contribution in [0.15, 0.2) is 60.8 Å². The molecule has 3 aromatic carbocycles. The Hall–Kier alpha value is -3.61. The van der Waals surface area contributed by atoms with Crippen LogP contribution in [0.2, 0.25) is 0 Å². The highest BCUT2D eigenvalue weighted by Gasteiger charge is 2.19. The van der Waals surface area contributed by atoms with Crippen LogP contribution in [0, 0.1) is 36.0 Å². The zero-order valence-electron chi connectivity index (χ0n) is 15.6. The fourth-order valence-corrected chi connectivity index (χ4v) is 3.13. The zero-order chi connectivity index (χ0) is 21.4. The second kappa shape index (κ2) is 7.67. The Morgan fingerprint density at radius 3 is 1.93 bits per heavy atom. The van der Waals surface area contributed by atoms with Gasteiger partial charge in [-0.25, -0.2) is 26.9 Å². The summed E-state index contributed by atoms with van der Waals surface area (Å²) in [7, 11) is 0. The van der Waals surface area contributed by atoms with E-state index in [1.807, 2.05) is 0 Å². The van der Waals surface area contributed by atoms with Crippen molar-refractivity contribution in [3.05, 3.63) is 95.4 Å². The first-order chi connectivity index (χ1) is 14.3. The van der Waals surface area contributed by atoms with E-state index in [-0.39, 0.29) is 28.1 Å². The molecule has 0 unspecified atom stereocenters. The molecule has 0 saturated heterocycles. The van der Waals surface area contributed by atoms with Crippen LogP contribution in [0.5, 0.6) is 0 Å². The molecule has 0 spiro atoms. The van der Waals surface area contributed by atoms with Crippen molar-refractivity contribution in [2.45, 2.75) is 6.92 Å². The zero-order valence-corrected chi connectivity index (χ0v) is 15.6. The van der Waals surface area contributed by atoms with Crippen LogP contribution in [0.3, 0.4) is 0 Å². The van der Waals surface area contributed by atoms with Crippen LogP contribution in [-0.2, 0) is 0 Å². The molecule has 1 aromatic heterocycles. The van der Waals surface area contributed by atoms with Crippen molar-refractivity contribution in [2.24, 2.45) is 0 Å². The van der Waals surface area contributed by atoms with Crippen LogP contribution >= 0.6 is 0 Å². The summed E-state index contributed by atoms with van der Waals surface area (Å²) >= 11 is 0. The molecule has 0 radical (unpaired) electrons. The molecule has 1 heterocycles. The van der Waals surface area contributed by atoms with Crippen molar-refractivity contribution < 1.29 is 22.0 Å². The third-order valence-corrected chi connectivity index (χ3v) is 4.61. The molecule has 2 nitrogen and oxygen atoms in total. The fraction of sp³-hybridized carbons (Fsp3) is 0.0435. The highest BCUT2D eigenvalue weighted by atomic mass is 19.1. The van der Waals surface area contributed by atoms with Gasteiger partial charge in [0, 0.05) is 28.8 Å². The van der Waals surface area contributed by atoms with Crippen molar-refractivity contribution in [1.82, 2.24) is 9.97 Å². The van der Waals surface area contributed by atoms with Gasteiger partial charge in [0.1, 0.15) is 29.1 Å². The highest BCUT2D eigenvalue weighted by molar-refractivity contribution is 5.81. The van der Waals surface area contributed by atoms with Gasteiger partial charge in [0.15, 0.2) is 0 Å². The molecular weight excluding hydrogens is 399 g/mol. The molecule has 150 valence electrons. The van der Waals surface area contributed by atoms with Crippen molar-refractivity contribution in [3.63, 3.8) is 0 Å². The Bertz CT molecular complexity index is 1230. The maximum atomic E-state index is 14.1. The minimum atomic E-state index is -0.841.